The quantitative estimate of drug-likeness (QED) is 0.714. The Morgan fingerprint density at radius 3 is 3.00 bits per heavy atom. The van der Waals surface area contributed by atoms with Crippen molar-refractivity contribution in [3.63, 3.8) is 0 Å². The van der Waals surface area contributed by atoms with Gasteiger partial charge in [-0.25, -0.2) is 0 Å². The summed E-state index contributed by atoms with van der Waals surface area (Å²) in [7, 11) is 0. The number of amides is 1. The number of ether oxygens (including phenoxy) is 1. The summed E-state index contributed by atoms with van der Waals surface area (Å²) in [6.07, 6.45) is 4.08. The molecule has 0 bridgehead atoms. The number of aliphatic hydroxyl groups is 1. The molecule has 1 aliphatic heterocycles. The van der Waals surface area contributed by atoms with E-state index in [4.69, 9.17) is 9.84 Å². The summed E-state index contributed by atoms with van der Waals surface area (Å²) in [6, 6.07) is 0. The van der Waals surface area contributed by atoms with Gasteiger partial charge in [0.1, 0.15) is 0 Å². The molecular formula is C11H21NO3. The smallest absolute Gasteiger partial charge is 0.222 e. The predicted octanol–water partition coefficient (Wildman–Crippen LogP) is 0.833. The maximum atomic E-state index is 11.4. The van der Waals surface area contributed by atoms with Crippen LogP contribution in [-0.2, 0) is 9.53 Å². The van der Waals surface area contributed by atoms with Crippen LogP contribution in [0.4, 0.5) is 0 Å². The van der Waals surface area contributed by atoms with E-state index in [9.17, 15) is 4.79 Å². The molecule has 0 aromatic heterocycles. The minimum Gasteiger partial charge on any atom is -0.393 e. The molecule has 1 heterocycles. The summed E-state index contributed by atoms with van der Waals surface area (Å²) in [5.74, 6) is 0.0301. The lowest BCUT2D eigenvalue weighted by Crippen LogP contribution is -2.31. The van der Waals surface area contributed by atoms with Crippen LogP contribution in [0.25, 0.3) is 0 Å². The number of carbonyl (C=O) groups excluding carboxylic acids is 1. The van der Waals surface area contributed by atoms with E-state index in [-0.39, 0.29) is 18.1 Å². The minimum atomic E-state index is -0.351. The topological polar surface area (TPSA) is 58.6 Å². The number of carbonyl (C=O) groups is 1. The van der Waals surface area contributed by atoms with Gasteiger partial charge in [0.2, 0.25) is 5.91 Å². The molecule has 1 saturated heterocycles. The molecule has 0 aromatic carbocycles. The summed E-state index contributed by atoms with van der Waals surface area (Å²) in [5, 5.41) is 11.8. The third-order valence-corrected chi connectivity index (χ3v) is 2.57. The fourth-order valence-electron chi connectivity index (χ4n) is 1.67. The van der Waals surface area contributed by atoms with Crippen LogP contribution in [0, 0.1) is 0 Å². The largest absolute Gasteiger partial charge is 0.393 e. The first kappa shape index (κ1) is 12.5. The lowest BCUT2D eigenvalue weighted by molar-refractivity contribution is -0.124. The van der Waals surface area contributed by atoms with Gasteiger partial charge in [-0.05, 0) is 32.6 Å². The Morgan fingerprint density at radius 1 is 1.60 bits per heavy atom. The van der Waals surface area contributed by atoms with E-state index in [0.717, 1.165) is 25.9 Å². The molecule has 15 heavy (non-hydrogen) atoms. The van der Waals surface area contributed by atoms with Crippen LogP contribution in [-0.4, -0.2) is 36.4 Å². The molecule has 4 nitrogen and oxygen atoms in total. The van der Waals surface area contributed by atoms with Crippen molar-refractivity contribution < 1.29 is 14.6 Å². The first-order valence-electron chi connectivity index (χ1n) is 5.75. The average molecular weight is 215 g/mol. The highest BCUT2D eigenvalue weighted by Gasteiger charge is 2.17. The number of nitrogens with one attached hydrogen (secondary N) is 1. The van der Waals surface area contributed by atoms with Gasteiger partial charge in [-0.2, -0.15) is 0 Å². The van der Waals surface area contributed by atoms with Crippen molar-refractivity contribution in [1.29, 1.82) is 0 Å². The molecule has 0 spiro atoms. The molecule has 0 saturated carbocycles. The third kappa shape index (κ3) is 5.74. The van der Waals surface area contributed by atoms with Crippen LogP contribution < -0.4 is 5.32 Å². The second-order valence-electron chi connectivity index (χ2n) is 4.18. The molecule has 2 N–H and O–H groups in total. The predicted molar refractivity (Wildman–Crippen MR) is 57.5 cm³/mol. The van der Waals surface area contributed by atoms with Crippen LogP contribution >= 0.6 is 0 Å². The lowest BCUT2D eigenvalue weighted by Gasteiger charge is -2.21. The van der Waals surface area contributed by atoms with Gasteiger partial charge in [0, 0.05) is 13.2 Å². The van der Waals surface area contributed by atoms with E-state index in [2.05, 4.69) is 5.32 Å². The third-order valence-electron chi connectivity index (χ3n) is 2.57. The summed E-state index contributed by atoms with van der Waals surface area (Å²) in [4.78, 5) is 11.4. The molecule has 1 rings (SSSR count). The molecule has 0 aliphatic carbocycles. The summed E-state index contributed by atoms with van der Waals surface area (Å²) in [6.45, 7) is 3.05. The van der Waals surface area contributed by atoms with E-state index < -0.39 is 0 Å². The van der Waals surface area contributed by atoms with Gasteiger partial charge in [0.15, 0.2) is 0 Å². The Bertz CT molecular complexity index is 188. The van der Waals surface area contributed by atoms with Gasteiger partial charge in [-0.1, -0.05) is 0 Å². The van der Waals surface area contributed by atoms with Gasteiger partial charge in [0.25, 0.3) is 0 Å². The monoisotopic (exact) mass is 215 g/mol. The zero-order chi connectivity index (χ0) is 11.1. The van der Waals surface area contributed by atoms with E-state index >= 15 is 0 Å². The van der Waals surface area contributed by atoms with E-state index in [0.29, 0.717) is 19.4 Å². The number of hydrogen-bond donors (Lipinski definition) is 2. The van der Waals surface area contributed by atoms with Gasteiger partial charge >= 0.3 is 0 Å². The van der Waals surface area contributed by atoms with Crippen molar-refractivity contribution in [2.24, 2.45) is 0 Å². The Balaban J connectivity index is 2.06. The van der Waals surface area contributed by atoms with Crippen LogP contribution in [0.3, 0.4) is 0 Å². The van der Waals surface area contributed by atoms with E-state index in [1.54, 1.807) is 6.92 Å². The van der Waals surface area contributed by atoms with Crippen LogP contribution in [0.15, 0.2) is 0 Å². The maximum absolute atomic E-state index is 11.4. The van der Waals surface area contributed by atoms with Gasteiger partial charge in [-0.15, -0.1) is 0 Å². The van der Waals surface area contributed by atoms with Crippen molar-refractivity contribution in [3.8, 4) is 0 Å². The van der Waals surface area contributed by atoms with Crippen molar-refractivity contribution >= 4 is 5.91 Å². The normalized spacial score (nSPS) is 23.5. The Labute approximate surface area is 91.0 Å². The molecule has 2 unspecified atom stereocenters. The van der Waals surface area contributed by atoms with Gasteiger partial charge < -0.3 is 15.2 Å². The molecule has 1 amide bonds. The maximum Gasteiger partial charge on any atom is 0.222 e. The molecule has 0 radical (unpaired) electrons. The van der Waals surface area contributed by atoms with Crippen LogP contribution in [0.2, 0.25) is 0 Å². The second-order valence-corrected chi connectivity index (χ2v) is 4.18. The zero-order valence-electron chi connectivity index (χ0n) is 9.37. The lowest BCUT2D eigenvalue weighted by atomic mass is 10.1. The molecule has 4 heteroatoms. The van der Waals surface area contributed by atoms with Crippen LogP contribution in [0.1, 0.15) is 39.0 Å². The zero-order valence-corrected chi connectivity index (χ0v) is 9.37. The van der Waals surface area contributed by atoms with Crippen molar-refractivity contribution in [2.75, 3.05) is 13.2 Å². The van der Waals surface area contributed by atoms with Crippen LogP contribution in [0.5, 0.6) is 0 Å². The summed E-state index contributed by atoms with van der Waals surface area (Å²) >= 11 is 0. The first-order chi connectivity index (χ1) is 7.18. The fraction of sp³-hybridized carbons (Fsp3) is 0.909. The van der Waals surface area contributed by atoms with Gasteiger partial charge in [-0.3, -0.25) is 4.79 Å². The molecule has 88 valence electrons. The molecule has 1 aliphatic rings. The SMILES string of the molecule is CC(O)CCNC(=O)CC1CCCCO1. The van der Waals surface area contributed by atoms with Gasteiger partial charge in [0.05, 0.1) is 18.6 Å². The highest BCUT2D eigenvalue weighted by atomic mass is 16.5. The standard InChI is InChI=1S/C11H21NO3/c1-9(13)5-6-12-11(14)8-10-4-2-3-7-15-10/h9-10,13H,2-8H2,1H3,(H,12,14). The van der Waals surface area contributed by atoms with Crippen molar-refractivity contribution in [3.05, 3.63) is 0 Å². The Morgan fingerprint density at radius 2 is 2.40 bits per heavy atom. The van der Waals surface area contributed by atoms with E-state index in [1.807, 2.05) is 0 Å². The number of aliphatic hydroxyl groups excluding tert-OH is 1. The highest BCUT2D eigenvalue weighted by molar-refractivity contribution is 5.76. The Kier molecular flexibility index (Phi) is 5.65. The number of hydrogen-bond acceptors (Lipinski definition) is 3. The van der Waals surface area contributed by atoms with Crippen molar-refractivity contribution in [2.45, 2.75) is 51.2 Å². The second kappa shape index (κ2) is 6.80. The summed E-state index contributed by atoms with van der Waals surface area (Å²) in [5.41, 5.74) is 0. The van der Waals surface area contributed by atoms with E-state index in [1.165, 1.54) is 0 Å². The number of rotatable bonds is 5. The molecular weight excluding hydrogens is 194 g/mol. The first-order valence-corrected chi connectivity index (χ1v) is 5.75. The fourth-order valence-corrected chi connectivity index (χ4v) is 1.67. The summed E-state index contributed by atoms with van der Waals surface area (Å²) < 4.78 is 5.47. The minimum absolute atomic E-state index is 0.0301. The molecule has 0 aromatic rings. The average Bonchev–Trinajstić information content (AvgIpc) is 2.18. The molecule has 2 atom stereocenters. The highest BCUT2D eigenvalue weighted by Crippen LogP contribution is 2.15. The van der Waals surface area contributed by atoms with Crippen molar-refractivity contribution in [1.82, 2.24) is 5.32 Å². The molecule has 1 fully saturated rings. The Hall–Kier alpha value is -0.610.